The Labute approximate surface area is 138 Å². The summed E-state index contributed by atoms with van der Waals surface area (Å²) in [7, 11) is -4.45. The monoisotopic (exact) mass is 338 g/mol. The zero-order valence-electron chi connectivity index (χ0n) is 13.9. The summed E-state index contributed by atoms with van der Waals surface area (Å²) < 4.78 is 35.3. The molecule has 0 bridgehead atoms. The molecule has 0 radical (unpaired) electrons. The van der Waals surface area contributed by atoms with Crippen LogP contribution in [0.25, 0.3) is 6.08 Å². The molecule has 0 saturated carbocycles. The summed E-state index contributed by atoms with van der Waals surface area (Å²) in [6.07, 6.45) is 1.67. The van der Waals surface area contributed by atoms with Crippen LogP contribution in [0.2, 0.25) is 0 Å². The van der Waals surface area contributed by atoms with Gasteiger partial charge in [-0.05, 0) is 44.8 Å². The van der Waals surface area contributed by atoms with Crippen LogP contribution < -0.4 is 10.9 Å². The van der Waals surface area contributed by atoms with Crippen molar-refractivity contribution in [1.29, 1.82) is 0 Å². The Kier molecular flexibility index (Phi) is 4.76. The second kappa shape index (κ2) is 6.03. The number of nitrogens with two attached hydrogens (primary N) is 2. The molecule has 1 aromatic carbocycles. The Hall–Kier alpha value is -1.19. The third-order valence-corrected chi connectivity index (χ3v) is 5.34. The Morgan fingerprint density at radius 2 is 1.70 bits per heavy atom. The van der Waals surface area contributed by atoms with Crippen LogP contribution in [0.5, 0.6) is 0 Å². The van der Waals surface area contributed by atoms with Gasteiger partial charge in [0.15, 0.2) is 0 Å². The summed E-state index contributed by atoms with van der Waals surface area (Å²) >= 11 is 0. The SMILES string of the molecule is CC1(C)OB(C(=Cc2ccccc2S(N)(=O)=O)CN)OC1(C)C. The fourth-order valence-electron chi connectivity index (χ4n) is 2.28. The molecule has 0 aliphatic carbocycles. The first-order valence-corrected chi connectivity index (χ1v) is 8.90. The van der Waals surface area contributed by atoms with Crippen molar-refractivity contribution in [3.05, 3.63) is 35.3 Å². The van der Waals surface area contributed by atoms with E-state index >= 15 is 0 Å². The van der Waals surface area contributed by atoms with Crippen LogP contribution >= 0.6 is 0 Å². The van der Waals surface area contributed by atoms with Crippen LogP contribution in [0.15, 0.2) is 34.6 Å². The van der Waals surface area contributed by atoms with Crippen LogP contribution in [-0.2, 0) is 19.3 Å². The zero-order chi connectivity index (χ0) is 17.5. The van der Waals surface area contributed by atoms with Gasteiger partial charge >= 0.3 is 7.12 Å². The fourth-order valence-corrected chi connectivity index (χ4v) is 3.00. The first-order valence-electron chi connectivity index (χ1n) is 7.36. The summed E-state index contributed by atoms with van der Waals surface area (Å²) in [6.45, 7) is 7.95. The molecule has 1 aliphatic rings. The van der Waals surface area contributed by atoms with E-state index in [0.717, 1.165) is 0 Å². The van der Waals surface area contributed by atoms with E-state index in [0.29, 0.717) is 11.0 Å². The largest absolute Gasteiger partial charge is 0.491 e. The molecule has 4 N–H and O–H groups in total. The Balaban J connectivity index is 2.43. The molecule has 0 spiro atoms. The van der Waals surface area contributed by atoms with E-state index in [-0.39, 0.29) is 11.4 Å². The van der Waals surface area contributed by atoms with E-state index in [4.69, 9.17) is 20.2 Å². The topological polar surface area (TPSA) is 105 Å². The second-order valence-corrected chi connectivity index (χ2v) is 8.12. The number of hydrogen-bond donors (Lipinski definition) is 2. The predicted molar refractivity (Wildman–Crippen MR) is 90.9 cm³/mol. The first kappa shape index (κ1) is 18.2. The lowest BCUT2D eigenvalue weighted by atomic mass is 9.77. The third kappa shape index (κ3) is 3.67. The highest BCUT2D eigenvalue weighted by molar-refractivity contribution is 7.89. The molecule has 0 aromatic heterocycles. The lowest BCUT2D eigenvalue weighted by molar-refractivity contribution is 0.00578. The molecule has 8 heteroatoms. The van der Waals surface area contributed by atoms with Crippen molar-refractivity contribution in [3.63, 3.8) is 0 Å². The second-order valence-electron chi connectivity index (χ2n) is 6.59. The quantitative estimate of drug-likeness (QED) is 0.806. The summed E-state index contributed by atoms with van der Waals surface area (Å²) in [5.41, 5.74) is 5.95. The number of hydrogen-bond acceptors (Lipinski definition) is 5. The standard InChI is InChI=1S/C15H23BN2O4S/c1-14(2)15(3,4)22-16(21-14)12(10-17)9-11-7-5-6-8-13(11)23(18,19)20/h5-9H,10,17H2,1-4H3,(H2,18,19,20). The Bertz CT molecular complexity index is 713. The minimum atomic E-state index is -3.82. The molecular weight excluding hydrogens is 315 g/mol. The van der Waals surface area contributed by atoms with Crippen molar-refractivity contribution in [3.8, 4) is 0 Å². The first-order chi connectivity index (χ1) is 10.5. The summed E-state index contributed by atoms with van der Waals surface area (Å²) in [4.78, 5) is 0.0440. The molecule has 1 aliphatic heterocycles. The Morgan fingerprint density at radius 1 is 1.17 bits per heavy atom. The van der Waals surface area contributed by atoms with Gasteiger partial charge in [0, 0.05) is 6.54 Å². The molecule has 1 saturated heterocycles. The number of benzene rings is 1. The minimum absolute atomic E-state index is 0.0440. The van der Waals surface area contributed by atoms with Crippen molar-refractivity contribution in [2.45, 2.75) is 43.8 Å². The van der Waals surface area contributed by atoms with Crippen LogP contribution in [0, 0.1) is 0 Å². The molecular formula is C15H23BN2O4S. The van der Waals surface area contributed by atoms with Crippen molar-refractivity contribution < 1.29 is 17.7 Å². The molecule has 0 amide bonds. The van der Waals surface area contributed by atoms with Crippen LogP contribution in [-0.4, -0.2) is 33.3 Å². The minimum Gasteiger partial charge on any atom is -0.400 e. The highest BCUT2D eigenvalue weighted by atomic mass is 32.2. The van der Waals surface area contributed by atoms with Crippen molar-refractivity contribution >= 4 is 23.2 Å². The van der Waals surface area contributed by atoms with Gasteiger partial charge in [-0.3, -0.25) is 0 Å². The lowest BCUT2D eigenvalue weighted by Gasteiger charge is -2.32. The zero-order valence-corrected chi connectivity index (χ0v) is 14.7. The summed E-state index contributed by atoms with van der Waals surface area (Å²) in [6, 6.07) is 6.48. The molecule has 6 nitrogen and oxygen atoms in total. The molecule has 0 unspecified atom stereocenters. The summed E-state index contributed by atoms with van der Waals surface area (Å²) in [5, 5.41) is 5.26. The van der Waals surface area contributed by atoms with E-state index in [1.165, 1.54) is 6.07 Å². The van der Waals surface area contributed by atoms with E-state index < -0.39 is 28.3 Å². The van der Waals surface area contributed by atoms with E-state index in [2.05, 4.69) is 0 Å². The van der Waals surface area contributed by atoms with Gasteiger partial charge in [-0.1, -0.05) is 24.3 Å². The van der Waals surface area contributed by atoms with Gasteiger partial charge in [-0.15, -0.1) is 0 Å². The normalized spacial score (nSPS) is 20.8. The van der Waals surface area contributed by atoms with Crippen molar-refractivity contribution in [1.82, 2.24) is 0 Å². The van der Waals surface area contributed by atoms with Gasteiger partial charge in [0.1, 0.15) is 0 Å². The van der Waals surface area contributed by atoms with Crippen LogP contribution in [0.1, 0.15) is 33.3 Å². The predicted octanol–water partition coefficient (Wildman–Crippen LogP) is 1.31. The van der Waals surface area contributed by atoms with Crippen LogP contribution in [0.3, 0.4) is 0 Å². The van der Waals surface area contributed by atoms with Gasteiger partial charge in [-0.2, -0.15) is 0 Å². The molecule has 1 heterocycles. The summed E-state index contributed by atoms with van der Waals surface area (Å²) in [5.74, 6) is 0. The maximum atomic E-state index is 11.7. The molecule has 126 valence electrons. The molecule has 2 rings (SSSR count). The smallest absolute Gasteiger partial charge is 0.400 e. The van der Waals surface area contributed by atoms with E-state index in [9.17, 15) is 8.42 Å². The number of rotatable bonds is 4. The van der Waals surface area contributed by atoms with Gasteiger partial charge in [0.25, 0.3) is 0 Å². The van der Waals surface area contributed by atoms with Crippen molar-refractivity contribution in [2.24, 2.45) is 10.9 Å². The average Bonchev–Trinajstić information content (AvgIpc) is 2.64. The maximum Gasteiger partial charge on any atom is 0.491 e. The molecule has 1 fully saturated rings. The number of primary sulfonamides is 1. The molecule has 1 aromatic rings. The van der Waals surface area contributed by atoms with Gasteiger partial charge in [-0.25, -0.2) is 13.6 Å². The highest BCUT2D eigenvalue weighted by Gasteiger charge is 2.52. The third-order valence-electron chi connectivity index (χ3n) is 4.36. The van der Waals surface area contributed by atoms with Gasteiger partial charge in [0.05, 0.1) is 16.1 Å². The van der Waals surface area contributed by atoms with E-state index in [1.807, 2.05) is 27.7 Å². The Morgan fingerprint density at radius 3 is 2.17 bits per heavy atom. The van der Waals surface area contributed by atoms with Gasteiger partial charge in [0.2, 0.25) is 10.0 Å². The number of sulfonamides is 1. The lowest BCUT2D eigenvalue weighted by Crippen LogP contribution is -2.41. The highest BCUT2D eigenvalue weighted by Crippen LogP contribution is 2.38. The van der Waals surface area contributed by atoms with Crippen LogP contribution in [0.4, 0.5) is 0 Å². The van der Waals surface area contributed by atoms with Crippen molar-refractivity contribution in [2.75, 3.05) is 6.54 Å². The average molecular weight is 338 g/mol. The van der Waals surface area contributed by atoms with E-state index in [1.54, 1.807) is 24.3 Å². The molecule has 0 atom stereocenters. The molecule has 23 heavy (non-hydrogen) atoms. The fraction of sp³-hybridized carbons (Fsp3) is 0.467. The maximum absolute atomic E-state index is 11.7. The van der Waals surface area contributed by atoms with Gasteiger partial charge < -0.3 is 15.0 Å².